The molecule has 3 rings (SSSR count). The second-order valence-corrected chi connectivity index (χ2v) is 7.64. The van der Waals surface area contributed by atoms with Gasteiger partial charge in [-0.15, -0.1) is 0 Å². The van der Waals surface area contributed by atoms with E-state index < -0.39 is 0 Å². The van der Waals surface area contributed by atoms with Crippen LogP contribution >= 0.6 is 34.8 Å². The van der Waals surface area contributed by atoms with Gasteiger partial charge in [-0.3, -0.25) is 9.69 Å². The SMILES string of the molecule is CN1CCN(Cc2ccc(NC(=O)c3c(Cl)ccc(Cl)c3Cl)cc2)CC1. The molecule has 138 valence electrons. The van der Waals surface area contributed by atoms with E-state index in [4.69, 9.17) is 34.8 Å². The highest BCUT2D eigenvalue weighted by atomic mass is 35.5. The van der Waals surface area contributed by atoms with E-state index in [9.17, 15) is 4.79 Å². The summed E-state index contributed by atoms with van der Waals surface area (Å²) >= 11 is 18.2. The fourth-order valence-electron chi connectivity index (χ4n) is 2.89. The van der Waals surface area contributed by atoms with Gasteiger partial charge in [-0.1, -0.05) is 46.9 Å². The van der Waals surface area contributed by atoms with Gasteiger partial charge in [0, 0.05) is 38.4 Å². The molecule has 2 aromatic carbocycles. The molecule has 1 aliphatic rings. The van der Waals surface area contributed by atoms with Crippen LogP contribution < -0.4 is 5.32 Å². The van der Waals surface area contributed by atoms with Crippen LogP contribution in [0.3, 0.4) is 0 Å². The number of nitrogens with one attached hydrogen (secondary N) is 1. The minimum Gasteiger partial charge on any atom is -0.322 e. The monoisotopic (exact) mass is 411 g/mol. The molecular weight excluding hydrogens is 393 g/mol. The molecule has 1 N–H and O–H groups in total. The summed E-state index contributed by atoms with van der Waals surface area (Å²) in [7, 11) is 2.15. The van der Waals surface area contributed by atoms with Gasteiger partial charge in [-0.25, -0.2) is 0 Å². The van der Waals surface area contributed by atoms with Gasteiger partial charge in [-0.2, -0.15) is 0 Å². The van der Waals surface area contributed by atoms with Crippen molar-refractivity contribution in [3.05, 3.63) is 62.6 Å². The van der Waals surface area contributed by atoms with Crippen LogP contribution in [0, 0.1) is 0 Å². The van der Waals surface area contributed by atoms with Crippen LogP contribution in [-0.2, 0) is 6.54 Å². The number of rotatable bonds is 4. The van der Waals surface area contributed by atoms with Gasteiger partial charge < -0.3 is 10.2 Å². The molecule has 2 aromatic rings. The molecule has 1 fully saturated rings. The molecule has 0 bridgehead atoms. The van der Waals surface area contributed by atoms with Gasteiger partial charge in [0.15, 0.2) is 0 Å². The summed E-state index contributed by atoms with van der Waals surface area (Å²) in [6.07, 6.45) is 0. The maximum Gasteiger partial charge on any atom is 0.258 e. The minimum atomic E-state index is -0.380. The highest BCUT2D eigenvalue weighted by Crippen LogP contribution is 2.32. The quantitative estimate of drug-likeness (QED) is 0.743. The average molecular weight is 413 g/mol. The minimum absolute atomic E-state index is 0.156. The first-order valence-corrected chi connectivity index (χ1v) is 9.52. The first-order valence-electron chi connectivity index (χ1n) is 8.39. The summed E-state index contributed by atoms with van der Waals surface area (Å²) < 4.78 is 0. The number of hydrogen-bond acceptors (Lipinski definition) is 3. The van der Waals surface area contributed by atoms with Crippen molar-refractivity contribution in [2.45, 2.75) is 6.54 Å². The Morgan fingerprint density at radius 1 is 0.962 bits per heavy atom. The second kappa shape index (κ2) is 8.59. The Morgan fingerprint density at radius 3 is 2.23 bits per heavy atom. The third kappa shape index (κ3) is 4.70. The molecule has 1 heterocycles. The summed E-state index contributed by atoms with van der Waals surface area (Å²) in [6, 6.07) is 10.9. The first kappa shape index (κ1) is 19.5. The lowest BCUT2D eigenvalue weighted by Gasteiger charge is -2.32. The topological polar surface area (TPSA) is 35.6 Å². The van der Waals surface area contributed by atoms with E-state index in [0.717, 1.165) is 32.7 Å². The Hall–Kier alpha value is -1.30. The van der Waals surface area contributed by atoms with Crippen molar-refractivity contribution in [3.8, 4) is 0 Å². The molecule has 7 heteroatoms. The fourth-order valence-corrected chi connectivity index (χ4v) is 3.59. The highest BCUT2D eigenvalue weighted by Gasteiger charge is 2.18. The number of carbonyl (C=O) groups is 1. The Labute approximate surface area is 168 Å². The zero-order chi connectivity index (χ0) is 18.7. The van der Waals surface area contributed by atoms with Gasteiger partial charge >= 0.3 is 0 Å². The predicted octanol–water partition coefficient (Wildman–Crippen LogP) is 4.65. The number of nitrogens with zero attached hydrogens (tertiary/aromatic N) is 2. The molecule has 1 saturated heterocycles. The lowest BCUT2D eigenvalue weighted by Crippen LogP contribution is -2.43. The Kier molecular flexibility index (Phi) is 6.43. The number of amides is 1. The smallest absolute Gasteiger partial charge is 0.258 e. The lowest BCUT2D eigenvalue weighted by atomic mass is 10.1. The number of anilines is 1. The van der Waals surface area contributed by atoms with Crippen molar-refractivity contribution < 1.29 is 4.79 Å². The van der Waals surface area contributed by atoms with Crippen LogP contribution in [-0.4, -0.2) is 48.9 Å². The van der Waals surface area contributed by atoms with Crippen molar-refractivity contribution >= 4 is 46.4 Å². The van der Waals surface area contributed by atoms with Gasteiger partial charge in [-0.05, 0) is 36.9 Å². The van der Waals surface area contributed by atoms with E-state index in [1.165, 1.54) is 5.56 Å². The molecule has 0 atom stereocenters. The van der Waals surface area contributed by atoms with E-state index in [2.05, 4.69) is 22.2 Å². The second-order valence-electron chi connectivity index (χ2n) is 6.45. The normalized spacial score (nSPS) is 15.8. The van der Waals surface area contributed by atoms with Gasteiger partial charge in [0.1, 0.15) is 0 Å². The summed E-state index contributed by atoms with van der Waals surface area (Å²) in [5.41, 5.74) is 2.08. The van der Waals surface area contributed by atoms with Crippen molar-refractivity contribution in [3.63, 3.8) is 0 Å². The highest BCUT2D eigenvalue weighted by molar-refractivity contribution is 6.46. The molecule has 0 aliphatic carbocycles. The summed E-state index contributed by atoms with van der Waals surface area (Å²) in [4.78, 5) is 17.3. The standard InChI is InChI=1S/C19H20Cl3N3O/c1-24-8-10-25(11-9-24)12-13-2-4-14(5-3-13)23-19(26)17-15(20)6-7-16(21)18(17)22/h2-7H,8-12H2,1H3,(H,23,26). The Bertz CT molecular complexity index is 787. The fraction of sp³-hybridized carbons (Fsp3) is 0.316. The summed E-state index contributed by atoms with van der Waals surface area (Å²) in [5.74, 6) is -0.380. The number of hydrogen-bond donors (Lipinski definition) is 1. The van der Waals surface area contributed by atoms with Crippen LogP contribution in [0.5, 0.6) is 0 Å². The predicted molar refractivity (Wildman–Crippen MR) is 109 cm³/mol. The molecule has 0 radical (unpaired) electrons. The molecule has 0 spiro atoms. The number of halogens is 3. The Balaban J connectivity index is 1.64. The van der Waals surface area contributed by atoms with Crippen molar-refractivity contribution in [1.29, 1.82) is 0 Å². The van der Waals surface area contributed by atoms with E-state index in [1.54, 1.807) is 12.1 Å². The summed E-state index contributed by atoms with van der Waals surface area (Å²) in [5, 5.41) is 3.54. The Morgan fingerprint density at radius 2 is 1.58 bits per heavy atom. The summed E-state index contributed by atoms with van der Waals surface area (Å²) in [6.45, 7) is 5.24. The molecular formula is C19H20Cl3N3O. The van der Waals surface area contributed by atoms with E-state index in [-0.39, 0.29) is 21.5 Å². The third-order valence-corrected chi connectivity index (χ3v) is 5.60. The zero-order valence-electron chi connectivity index (χ0n) is 14.4. The van der Waals surface area contributed by atoms with Crippen molar-refractivity contribution in [2.24, 2.45) is 0 Å². The molecule has 0 saturated carbocycles. The molecule has 26 heavy (non-hydrogen) atoms. The number of likely N-dealkylation sites (N-methyl/N-ethyl adjacent to an activating group) is 1. The van der Waals surface area contributed by atoms with Crippen LogP contribution in [0.25, 0.3) is 0 Å². The largest absolute Gasteiger partial charge is 0.322 e. The van der Waals surface area contributed by atoms with Crippen molar-refractivity contribution in [2.75, 3.05) is 38.5 Å². The van der Waals surface area contributed by atoms with Gasteiger partial charge in [0.05, 0.1) is 20.6 Å². The van der Waals surface area contributed by atoms with Crippen LogP contribution in [0.15, 0.2) is 36.4 Å². The van der Waals surface area contributed by atoms with E-state index in [1.807, 2.05) is 24.3 Å². The molecule has 0 aromatic heterocycles. The number of carbonyl (C=O) groups excluding carboxylic acids is 1. The molecule has 1 amide bonds. The van der Waals surface area contributed by atoms with Crippen LogP contribution in [0.2, 0.25) is 15.1 Å². The lowest BCUT2D eigenvalue weighted by molar-refractivity contribution is 0.102. The number of benzene rings is 2. The zero-order valence-corrected chi connectivity index (χ0v) is 16.7. The van der Waals surface area contributed by atoms with E-state index >= 15 is 0 Å². The number of piperazine rings is 1. The van der Waals surface area contributed by atoms with Crippen molar-refractivity contribution in [1.82, 2.24) is 9.80 Å². The van der Waals surface area contributed by atoms with Gasteiger partial charge in [0.2, 0.25) is 0 Å². The maximum atomic E-state index is 12.5. The average Bonchev–Trinajstić information content (AvgIpc) is 2.62. The van der Waals surface area contributed by atoms with Crippen LogP contribution in [0.4, 0.5) is 5.69 Å². The third-order valence-electron chi connectivity index (χ3n) is 4.48. The first-order chi connectivity index (χ1) is 12.4. The van der Waals surface area contributed by atoms with E-state index in [0.29, 0.717) is 10.7 Å². The van der Waals surface area contributed by atoms with Crippen LogP contribution in [0.1, 0.15) is 15.9 Å². The molecule has 1 aliphatic heterocycles. The molecule has 4 nitrogen and oxygen atoms in total. The van der Waals surface area contributed by atoms with Gasteiger partial charge in [0.25, 0.3) is 5.91 Å². The maximum absolute atomic E-state index is 12.5. The molecule has 0 unspecified atom stereocenters.